The van der Waals surface area contributed by atoms with Gasteiger partial charge in [0.25, 0.3) is 0 Å². The van der Waals surface area contributed by atoms with Crippen LogP contribution in [0, 0.1) is 11.8 Å². The third-order valence-corrected chi connectivity index (χ3v) is 3.35. The Balaban J connectivity index is 4.65. The zero-order valence-corrected chi connectivity index (χ0v) is 12.6. The van der Waals surface area contributed by atoms with Crippen molar-refractivity contribution in [1.29, 1.82) is 0 Å². The number of aliphatic carboxylic acids is 1. The number of rotatable bonds is 9. The first kappa shape index (κ1) is 17.9. The Kier molecular flexibility index (Phi) is 8.39. The van der Waals surface area contributed by atoms with Gasteiger partial charge in [-0.1, -0.05) is 20.8 Å². The molecule has 0 fully saturated rings. The number of nitrogens with zero attached hydrogens (tertiary/aromatic N) is 1. The minimum atomic E-state index is -0.971. The molecule has 0 radical (unpaired) electrons. The molecule has 1 amide bonds. The van der Waals surface area contributed by atoms with Gasteiger partial charge < -0.3 is 15.7 Å². The zero-order valence-electron chi connectivity index (χ0n) is 12.6. The summed E-state index contributed by atoms with van der Waals surface area (Å²) in [5, 5.41) is 8.90. The van der Waals surface area contributed by atoms with Gasteiger partial charge in [0.05, 0.1) is 0 Å². The first-order chi connectivity index (χ1) is 8.81. The monoisotopic (exact) mass is 272 g/mol. The lowest BCUT2D eigenvalue weighted by molar-refractivity contribution is -0.146. The molecule has 0 aliphatic heterocycles. The molecule has 0 aliphatic rings. The Hall–Kier alpha value is -1.10. The molecule has 2 atom stereocenters. The van der Waals surface area contributed by atoms with Gasteiger partial charge in [-0.2, -0.15) is 0 Å². The first-order valence-corrected chi connectivity index (χ1v) is 7.03. The highest BCUT2D eigenvalue weighted by molar-refractivity contribution is 5.81. The molecule has 0 heterocycles. The van der Waals surface area contributed by atoms with Crippen LogP contribution in [0.4, 0.5) is 0 Å². The fraction of sp³-hybridized carbons (Fsp3) is 0.857. The Morgan fingerprint density at radius 3 is 2.21 bits per heavy atom. The van der Waals surface area contributed by atoms with Gasteiger partial charge in [0.15, 0.2) is 0 Å². The molecule has 3 N–H and O–H groups in total. The number of carboxylic acids is 1. The summed E-state index contributed by atoms with van der Waals surface area (Å²) in [6.07, 6.45) is 1.98. The molecule has 0 saturated carbocycles. The molecule has 5 nitrogen and oxygen atoms in total. The molecular formula is C14H28N2O3. The molecular weight excluding hydrogens is 244 g/mol. The van der Waals surface area contributed by atoms with E-state index in [4.69, 9.17) is 10.8 Å². The third kappa shape index (κ3) is 7.15. The number of carbonyl (C=O) groups is 2. The Morgan fingerprint density at radius 1 is 1.26 bits per heavy atom. The summed E-state index contributed by atoms with van der Waals surface area (Å²) in [6.45, 7) is 8.24. The average molecular weight is 272 g/mol. The first-order valence-electron chi connectivity index (χ1n) is 7.03. The van der Waals surface area contributed by atoms with E-state index in [-0.39, 0.29) is 24.4 Å². The normalized spacial score (nSPS) is 14.2. The van der Waals surface area contributed by atoms with Gasteiger partial charge in [-0.25, -0.2) is 0 Å². The van der Waals surface area contributed by atoms with E-state index in [0.717, 1.165) is 12.8 Å². The molecule has 0 rings (SSSR count). The molecule has 5 heteroatoms. The number of hydrogen-bond donors (Lipinski definition) is 2. The molecule has 0 aromatic carbocycles. The summed E-state index contributed by atoms with van der Waals surface area (Å²) in [4.78, 5) is 24.5. The van der Waals surface area contributed by atoms with Crippen molar-refractivity contribution in [3.8, 4) is 0 Å². The number of carboxylic acid groups (broad SMARTS) is 1. The van der Waals surface area contributed by atoms with Crippen LogP contribution in [-0.2, 0) is 9.59 Å². The maximum absolute atomic E-state index is 12.2. The van der Waals surface area contributed by atoms with Crippen LogP contribution in [-0.4, -0.2) is 41.0 Å². The molecule has 19 heavy (non-hydrogen) atoms. The molecule has 0 spiro atoms. The van der Waals surface area contributed by atoms with E-state index in [0.29, 0.717) is 18.9 Å². The van der Waals surface area contributed by atoms with Gasteiger partial charge in [0.1, 0.15) is 6.54 Å². The zero-order chi connectivity index (χ0) is 15.0. The second-order valence-electron chi connectivity index (χ2n) is 5.61. The smallest absolute Gasteiger partial charge is 0.323 e. The topological polar surface area (TPSA) is 83.6 Å². The lowest BCUT2D eigenvalue weighted by atomic mass is 9.93. The van der Waals surface area contributed by atoms with Crippen LogP contribution in [0.2, 0.25) is 0 Å². The van der Waals surface area contributed by atoms with Crippen molar-refractivity contribution in [2.24, 2.45) is 17.6 Å². The highest BCUT2D eigenvalue weighted by atomic mass is 16.4. The van der Waals surface area contributed by atoms with Crippen LogP contribution in [0.1, 0.15) is 47.0 Å². The number of nitrogens with two attached hydrogens (primary N) is 1. The molecule has 112 valence electrons. The predicted molar refractivity (Wildman–Crippen MR) is 75.7 cm³/mol. The Bertz CT molecular complexity index is 292. The van der Waals surface area contributed by atoms with Crippen molar-refractivity contribution in [2.75, 3.05) is 13.1 Å². The molecule has 0 aromatic heterocycles. The van der Waals surface area contributed by atoms with Crippen LogP contribution in [0.3, 0.4) is 0 Å². The Morgan fingerprint density at radius 2 is 1.84 bits per heavy atom. The lowest BCUT2D eigenvalue weighted by Gasteiger charge is -2.29. The minimum Gasteiger partial charge on any atom is -0.480 e. The lowest BCUT2D eigenvalue weighted by Crippen LogP contribution is -2.43. The maximum Gasteiger partial charge on any atom is 0.323 e. The van der Waals surface area contributed by atoms with Gasteiger partial charge in [-0.15, -0.1) is 0 Å². The summed E-state index contributed by atoms with van der Waals surface area (Å²) in [5.41, 5.74) is 5.69. The van der Waals surface area contributed by atoms with E-state index in [1.165, 1.54) is 4.90 Å². The van der Waals surface area contributed by atoms with E-state index >= 15 is 0 Å². The molecule has 0 aromatic rings. The number of hydrogen-bond acceptors (Lipinski definition) is 3. The maximum atomic E-state index is 12.2. The van der Waals surface area contributed by atoms with E-state index in [9.17, 15) is 9.59 Å². The average Bonchev–Trinajstić information content (AvgIpc) is 2.33. The fourth-order valence-electron chi connectivity index (χ4n) is 2.15. The fourth-order valence-corrected chi connectivity index (χ4v) is 2.15. The molecule has 2 unspecified atom stereocenters. The van der Waals surface area contributed by atoms with E-state index in [1.807, 2.05) is 13.8 Å². The van der Waals surface area contributed by atoms with Gasteiger partial charge in [0.2, 0.25) is 5.91 Å². The second-order valence-corrected chi connectivity index (χ2v) is 5.61. The second kappa shape index (κ2) is 8.91. The van der Waals surface area contributed by atoms with Crippen LogP contribution in [0.5, 0.6) is 0 Å². The van der Waals surface area contributed by atoms with Crippen LogP contribution >= 0.6 is 0 Å². The Labute approximate surface area is 116 Å². The van der Waals surface area contributed by atoms with Crippen LogP contribution in [0.25, 0.3) is 0 Å². The van der Waals surface area contributed by atoms with Crippen molar-refractivity contribution in [1.82, 2.24) is 4.90 Å². The van der Waals surface area contributed by atoms with Gasteiger partial charge in [-0.3, -0.25) is 9.59 Å². The van der Waals surface area contributed by atoms with Gasteiger partial charge in [0, 0.05) is 12.5 Å². The largest absolute Gasteiger partial charge is 0.480 e. The SMILES string of the molecule is CCC(C)N(CC(=O)O)C(=O)CC(CN)CC(C)C. The third-order valence-electron chi connectivity index (χ3n) is 3.35. The highest BCUT2D eigenvalue weighted by Gasteiger charge is 2.24. The summed E-state index contributed by atoms with van der Waals surface area (Å²) >= 11 is 0. The highest BCUT2D eigenvalue weighted by Crippen LogP contribution is 2.17. The summed E-state index contributed by atoms with van der Waals surface area (Å²) in [6, 6.07) is -0.0546. The van der Waals surface area contributed by atoms with E-state index in [1.54, 1.807) is 0 Å². The number of amides is 1. The van der Waals surface area contributed by atoms with Gasteiger partial charge >= 0.3 is 5.97 Å². The van der Waals surface area contributed by atoms with E-state index in [2.05, 4.69) is 13.8 Å². The van der Waals surface area contributed by atoms with Crippen molar-refractivity contribution in [3.63, 3.8) is 0 Å². The van der Waals surface area contributed by atoms with Crippen molar-refractivity contribution in [2.45, 2.75) is 53.0 Å². The summed E-state index contributed by atoms with van der Waals surface area (Å²) in [7, 11) is 0. The predicted octanol–water partition coefficient (Wildman–Crippen LogP) is 1.71. The molecule has 0 bridgehead atoms. The van der Waals surface area contributed by atoms with Crippen LogP contribution < -0.4 is 5.73 Å². The van der Waals surface area contributed by atoms with Gasteiger partial charge in [-0.05, 0) is 38.1 Å². The van der Waals surface area contributed by atoms with Crippen molar-refractivity contribution in [3.05, 3.63) is 0 Å². The summed E-state index contributed by atoms with van der Waals surface area (Å²) in [5.74, 6) is -0.458. The minimum absolute atomic E-state index is 0.0546. The van der Waals surface area contributed by atoms with Crippen molar-refractivity contribution >= 4 is 11.9 Å². The standard InChI is InChI=1S/C14H28N2O3/c1-5-11(4)16(9-14(18)19)13(17)7-12(8-15)6-10(2)3/h10-12H,5-9,15H2,1-4H3,(H,18,19). The molecule has 0 aliphatic carbocycles. The molecule has 0 saturated heterocycles. The quantitative estimate of drug-likeness (QED) is 0.669. The number of carbonyl (C=O) groups excluding carboxylic acids is 1. The summed E-state index contributed by atoms with van der Waals surface area (Å²) < 4.78 is 0. The van der Waals surface area contributed by atoms with E-state index < -0.39 is 5.97 Å². The van der Waals surface area contributed by atoms with Crippen molar-refractivity contribution < 1.29 is 14.7 Å². The van der Waals surface area contributed by atoms with Crippen LogP contribution in [0.15, 0.2) is 0 Å².